The molecule has 1 N–H and O–H groups in total. The van der Waals surface area contributed by atoms with Gasteiger partial charge in [0, 0.05) is 17.8 Å². The Labute approximate surface area is 177 Å². The number of ether oxygens (including phenoxy) is 1. The van der Waals surface area contributed by atoms with Crippen LogP contribution in [0, 0.1) is 0 Å². The predicted molar refractivity (Wildman–Crippen MR) is 119 cm³/mol. The molecule has 0 bridgehead atoms. The van der Waals surface area contributed by atoms with E-state index >= 15 is 0 Å². The molecule has 0 radical (unpaired) electrons. The normalized spacial score (nSPS) is 11.0. The van der Waals surface area contributed by atoms with Gasteiger partial charge in [-0.1, -0.05) is 18.2 Å². The lowest BCUT2D eigenvalue weighted by Crippen LogP contribution is -2.30. The van der Waals surface area contributed by atoms with E-state index < -0.39 is 10.0 Å². The number of carbonyl (C=O) groups is 1. The first-order valence-electron chi connectivity index (χ1n) is 9.54. The smallest absolute Gasteiger partial charge is 0.264 e. The van der Waals surface area contributed by atoms with Gasteiger partial charge in [-0.25, -0.2) is 8.42 Å². The number of ketones is 1. The number of methoxy groups -OCH3 is 1. The molecule has 0 fully saturated rings. The number of carbonyl (C=O) groups excluding carboxylic acids is 1. The highest BCUT2D eigenvalue weighted by atomic mass is 32.2. The Bertz CT molecular complexity index is 1080. The third-order valence-electron chi connectivity index (χ3n) is 4.64. The van der Waals surface area contributed by atoms with Gasteiger partial charge < -0.3 is 10.1 Å². The summed E-state index contributed by atoms with van der Waals surface area (Å²) < 4.78 is 32.5. The summed E-state index contributed by atoms with van der Waals surface area (Å²) in [5, 5.41) is 3.04. The number of nitrogens with zero attached hydrogens (tertiary/aromatic N) is 1. The molecule has 0 unspecified atom stereocenters. The van der Waals surface area contributed by atoms with Crippen molar-refractivity contribution in [1.82, 2.24) is 0 Å². The second-order valence-electron chi connectivity index (χ2n) is 6.53. The van der Waals surface area contributed by atoms with Crippen molar-refractivity contribution in [3.63, 3.8) is 0 Å². The van der Waals surface area contributed by atoms with Crippen LogP contribution in [0.1, 0.15) is 17.3 Å². The minimum absolute atomic E-state index is 0.0735. The zero-order valence-electron chi connectivity index (χ0n) is 16.9. The Morgan fingerprint density at radius 3 is 2.13 bits per heavy atom. The zero-order valence-corrected chi connectivity index (χ0v) is 17.7. The van der Waals surface area contributed by atoms with Crippen LogP contribution in [-0.4, -0.2) is 34.4 Å². The van der Waals surface area contributed by atoms with Crippen LogP contribution >= 0.6 is 0 Å². The summed E-state index contributed by atoms with van der Waals surface area (Å²) in [4.78, 5) is 12.5. The van der Waals surface area contributed by atoms with Crippen molar-refractivity contribution < 1.29 is 17.9 Å². The van der Waals surface area contributed by atoms with E-state index in [-0.39, 0.29) is 17.2 Å². The summed E-state index contributed by atoms with van der Waals surface area (Å²) in [6.45, 7) is 2.22. The Balaban J connectivity index is 1.68. The third-order valence-corrected chi connectivity index (χ3v) is 6.56. The van der Waals surface area contributed by atoms with Crippen LogP contribution in [0.25, 0.3) is 0 Å². The molecule has 0 aliphatic heterocycles. The Morgan fingerprint density at radius 2 is 1.57 bits per heavy atom. The van der Waals surface area contributed by atoms with Gasteiger partial charge in [0.2, 0.25) is 0 Å². The van der Waals surface area contributed by atoms with Crippen molar-refractivity contribution in [1.29, 1.82) is 0 Å². The maximum absolute atomic E-state index is 13.0. The number of nitrogens with one attached hydrogen (secondary N) is 1. The zero-order chi connectivity index (χ0) is 21.6. The van der Waals surface area contributed by atoms with Crippen LogP contribution in [-0.2, 0) is 10.0 Å². The van der Waals surface area contributed by atoms with E-state index in [4.69, 9.17) is 4.74 Å². The van der Waals surface area contributed by atoms with Crippen molar-refractivity contribution >= 4 is 27.2 Å². The number of benzene rings is 3. The van der Waals surface area contributed by atoms with Gasteiger partial charge >= 0.3 is 0 Å². The van der Waals surface area contributed by atoms with Crippen LogP contribution in [0.3, 0.4) is 0 Å². The van der Waals surface area contributed by atoms with E-state index in [1.807, 2.05) is 6.07 Å². The minimum Gasteiger partial charge on any atom is -0.497 e. The molecular formula is C23H24N2O4S. The number of anilines is 2. The molecule has 0 amide bonds. The summed E-state index contributed by atoms with van der Waals surface area (Å²) >= 11 is 0. The van der Waals surface area contributed by atoms with Gasteiger partial charge in [-0.3, -0.25) is 9.10 Å². The molecule has 3 aromatic rings. The molecule has 0 saturated heterocycles. The topological polar surface area (TPSA) is 75.7 Å². The Morgan fingerprint density at radius 1 is 0.933 bits per heavy atom. The molecule has 3 aromatic carbocycles. The molecule has 0 spiro atoms. The highest BCUT2D eigenvalue weighted by molar-refractivity contribution is 7.92. The summed E-state index contributed by atoms with van der Waals surface area (Å²) in [6, 6.07) is 22.3. The van der Waals surface area contributed by atoms with Crippen molar-refractivity contribution in [2.24, 2.45) is 0 Å². The average molecular weight is 425 g/mol. The van der Waals surface area contributed by atoms with Crippen LogP contribution in [0.15, 0.2) is 83.8 Å². The molecule has 0 saturated carbocycles. The quantitative estimate of drug-likeness (QED) is 0.521. The standard InChI is InChI=1S/C23H24N2O4S/c1-3-25(20-7-5-4-6-8-20)30(27,28)22-15-11-19(12-16-22)24-17-23(26)18-9-13-21(29-2)14-10-18/h4-16,24H,3,17H2,1-2H3. The maximum atomic E-state index is 13.0. The van der Waals surface area contributed by atoms with E-state index in [2.05, 4.69) is 5.32 Å². The lowest BCUT2D eigenvalue weighted by atomic mass is 10.1. The SMILES string of the molecule is CCN(c1ccccc1)S(=O)(=O)c1ccc(NCC(=O)c2ccc(OC)cc2)cc1. The average Bonchev–Trinajstić information content (AvgIpc) is 2.79. The van der Waals surface area contributed by atoms with E-state index in [1.54, 1.807) is 86.8 Å². The fourth-order valence-corrected chi connectivity index (χ4v) is 4.49. The number of Topliss-reactive ketones (excluding diaryl/α,β-unsaturated/α-hetero) is 1. The molecular weight excluding hydrogens is 400 g/mol. The van der Waals surface area contributed by atoms with E-state index in [0.717, 1.165) is 0 Å². The fraction of sp³-hybridized carbons (Fsp3) is 0.174. The minimum atomic E-state index is -3.68. The van der Waals surface area contributed by atoms with Gasteiger partial charge in [0.05, 0.1) is 24.2 Å². The molecule has 7 heteroatoms. The van der Waals surface area contributed by atoms with Crippen molar-refractivity contribution in [3.05, 3.63) is 84.4 Å². The number of rotatable bonds is 9. The van der Waals surface area contributed by atoms with E-state index in [9.17, 15) is 13.2 Å². The summed E-state index contributed by atoms with van der Waals surface area (Å²) in [7, 11) is -2.10. The van der Waals surface area contributed by atoms with Crippen LogP contribution < -0.4 is 14.4 Å². The van der Waals surface area contributed by atoms with Gasteiger partial charge in [0.1, 0.15) is 5.75 Å². The second-order valence-corrected chi connectivity index (χ2v) is 8.40. The third kappa shape index (κ3) is 4.80. The van der Waals surface area contributed by atoms with Crippen LogP contribution in [0.2, 0.25) is 0 Å². The van der Waals surface area contributed by atoms with Crippen LogP contribution in [0.4, 0.5) is 11.4 Å². The van der Waals surface area contributed by atoms with Gasteiger partial charge in [0.15, 0.2) is 5.78 Å². The number of sulfonamides is 1. The summed E-state index contributed by atoms with van der Waals surface area (Å²) in [6.07, 6.45) is 0. The molecule has 0 aliphatic carbocycles. The van der Waals surface area contributed by atoms with Gasteiger partial charge in [0.25, 0.3) is 10.0 Å². The molecule has 0 heterocycles. The summed E-state index contributed by atoms with van der Waals surface area (Å²) in [5.74, 6) is 0.614. The van der Waals surface area contributed by atoms with E-state index in [1.165, 1.54) is 4.31 Å². The monoisotopic (exact) mass is 424 g/mol. The molecule has 3 rings (SSSR count). The first kappa shape index (κ1) is 21.4. The van der Waals surface area contributed by atoms with Gasteiger partial charge in [-0.15, -0.1) is 0 Å². The van der Waals surface area contributed by atoms with Crippen molar-refractivity contribution in [2.45, 2.75) is 11.8 Å². The number of hydrogen-bond acceptors (Lipinski definition) is 5. The second kappa shape index (κ2) is 9.45. The maximum Gasteiger partial charge on any atom is 0.264 e. The summed E-state index contributed by atoms with van der Waals surface area (Å²) in [5.41, 5.74) is 1.86. The van der Waals surface area contributed by atoms with E-state index in [0.29, 0.717) is 29.2 Å². The molecule has 0 aromatic heterocycles. The lowest BCUT2D eigenvalue weighted by Gasteiger charge is -2.23. The first-order chi connectivity index (χ1) is 14.5. The van der Waals surface area contributed by atoms with Gasteiger partial charge in [-0.2, -0.15) is 0 Å². The lowest BCUT2D eigenvalue weighted by molar-refractivity contribution is 0.101. The Hall–Kier alpha value is -3.32. The van der Waals surface area contributed by atoms with Crippen molar-refractivity contribution in [2.75, 3.05) is 29.8 Å². The largest absolute Gasteiger partial charge is 0.497 e. The molecule has 0 atom stereocenters. The van der Waals surface area contributed by atoms with Gasteiger partial charge in [-0.05, 0) is 67.6 Å². The molecule has 30 heavy (non-hydrogen) atoms. The fourth-order valence-electron chi connectivity index (χ4n) is 3.02. The predicted octanol–water partition coefficient (Wildman–Crippen LogP) is 4.21. The highest BCUT2D eigenvalue weighted by Gasteiger charge is 2.23. The number of para-hydroxylation sites is 1. The molecule has 6 nitrogen and oxygen atoms in total. The number of hydrogen-bond donors (Lipinski definition) is 1. The molecule has 156 valence electrons. The Kier molecular flexibility index (Phi) is 6.74. The highest BCUT2D eigenvalue weighted by Crippen LogP contribution is 2.24. The van der Waals surface area contributed by atoms with Crippen molar-refractivity contribution in [3.8, 4) is 5.75 Å². The van der Waals surface area contributed by atoms with Crippen LogP contribution in [0.5, 0.6) is 5.75 Å². The first-order valence-corrected chi connectivity index (χ1v) is 11.0. The molecule has 0 aliphatic rings.